The normalized spacial score (nSPS) is 21.7. The average Bonchev–Trinajstić information content (AvgIpc) is 2.81. The fourth-order valence-corrected chi connectivity index (χ4v) is 2.74. The molecule has 1 amide bonds. The smallest absolute Gasteiger partial charge is 0.338 e. The molecule has 0 aromatic heterocycles. The van der Waals surface area contributed by atoms with Gasteiger partial charge in [0, 0.05) is 26.4 Å². The molecule has 1 aliphatic rings. The van der Waals surface area contributed by atoms with E-state index in [0.29, 0.717) is 18.8 Å². The van der Waals surface area contributed by atoms with Crippen LogP contribution in [-0.2, 0) is 19.1 Å². The number of ether oxygens (including phenoxy) is 2. The summed E-state index contributed by atoms with van der Waals surface area (Å²) in [5, 5.41) is 6.00. The number of rotatable bonds is 10. The Bertz CT molecular complexity index is 569. The molecule has 0 saturated carbocycles. The SMILES string of the molecule is C=C/C=C(\N=C)NC[C@@H](C)NC(=O)[C@@H](CC(C)C)[C@@H]1OC(C)(C)OC1=O. The van der Waals surface area contributed by atoms with E-state index < -0.39 is 23.8 Å². The highest BCUT2D eigenvalue weighted by Gasteiger charge is 2.47. The lowest BCUT2D eigenvalue weighted by molar-refractivity contribution is -0.162. The van der Waals surface area contributed by atoms with E-state index in [9.17, 15) is 9.59 Å². The molecule has 7 nitrogen and oxygen atoms in total. The van der Waals surface area contributed by atoms with E-state index in [2.05, 4.69) is 28.9 Å². The Labute approximate surface area is 155 Å². The zero-order valence-corrected chi connectivity index (χ0v) is 16.4. The van der Waals surface area contributed by atoms with Gasteiger partial charge in [-0.1, -0.05) is 26.5 Å². The number of aliphatic imine (C=N–C) groups is 1. The third-order valence-electron chi connectivity index (χ3n) is 3.84. The van der Waals surface area contributed by atoms with Gasteiger partial charge in [-0.2, -0.15) is 0 Å². The molecular weight excluding hydrogens is 334 g/mol. The van der Waals surface area contributed by atoms with Gasteiger partial charge in [0.2, 0.25) is 11.7 Å². The zero-order valence-electron chi connectivity index (χ0n) is 16.4. The monoisotopic (exact) mass is 365 g/mol. The third kappa shape index (κ3) is 6.63. The molecule has 0 radical (unpaired) electrons. The summed E-state index contributed by atoms with van der Waals surface area (Å²) < 4.78 is 10.9. The Hall–Kier alpha value is -2.15. The van der Waals surface area contributed by atoms with E-state index in [4.69, 9.17) is 9.47 Å². The van der Waals surface area contributed by atoms with Crippen LogP contribution in [0, 0.1) is 11.8 Å². The molecule has 1 heterocycles. The van der Waals surface area contributed by atoms with Crippen molar-refractivity contribution >= 4 is 18.6 Å². The van der Waals surface area contributed by atoms with Crippen LogP contribution in [0.1, 0.15) is 41.0 Å². The largest absolute Gasteiger partial charge is 0.432 e. The highest BCUT2D eigenvalue weighted by Crippen LogP contribution is 2.31. The van der Waals surface area contributed by atoms with Crippen LogP contribution in [0.3, 0.4) is 0 Å². The molecule has 1 fully saturated rings. The van der Waals surface area contributed by atoms with Crippen molar-refractivity contribution in [3.63, 3.8) is 0 Å². The molecular formula is C19H31N3O4. The van der Waals surface area contributed by atoms with Crippen LogP contribution in [0.5, 0.6) is 0 Å². The molecule has 0 unspecified atom stereocenters. The van der Waals surface area contributed by atoms with E-state index in [1.165, 1.54) is 0 Å². The number of esters is 1. The highest BCUT2D eigenvalue weighted by molar-refractivity contribution is 5.87. The number of carbonyl (C=O) groups is 2. The number of allylic oxidation sites excluding steroid dienone is 2. The fourth-order valence-electron chi connectivity index (χ4n) is 2.74. The maximum atomic E-state index is 12.8. The Morgan fingerprint density at radius 1 is 1.38 bits per heavy atom. The molecule has 0 bridgehead atoms. The van der Waals surface area contributed by atoms with Gasteiger partial charge >= 0.3 is 5.97 Å². The van der Waals surface area contributed by atoms with Gasteiger partial charge in [0.1, 0.15) is 5.82 Å². The van der Waals surface area contributed by atoms with Gasteiger partial charge in [-0.05, 0) is 32.1 Å². The molecule has 0 aromatic rings. The van der Waals surface area contributed by atoms with Gasteiger partial charge in [0.15, 0.2) is 6.10 Å². The molecule has 2 N–H and O–H groups in total. The molecule has 1 saturated heterocycles. The van der Waals surface area contributed by atoms with Gasteiger partial charge in [-0.25, -0.2) is 9.79 Å². The number of nitrogens with one attached hydrogen (secondary N) is 2. The molecule has 1 aliphatic heterocycles. The standard InChI is InChI=1S/C19H31N3O4/c1-8-9-15(20-7)21-11-13(4)22-17(23)14(10-12(2)3)16-18(24)26-19(5,6)25-16/h8-9,12-14,16,21H,1,7,10-11H2,2-6H3,(H,22,23)/b15-9+/t13-,14+,16+/m1/s1. The van der Waals surface area contributed by atoms with E-state index in [1.54, 1.807) is 26.0 Å². The lowest BCUT2D eigenvalue weighted by Crippen LogP contribution is -2.47. The van der Waals surface area contributed by atoms with E-state index >= 15 is 0 Å². The minimum absolute atomic E-state index is 0.183. The van der Waals surface area contributed by atoms with Crippen molar-refractivity contribution in [2.75, 3.05) is 6.54 Å². The first kappa shape index (κ1) is 21.9. The molecule has 146 valence electrons. The van der Waals surface area contributed by atoms with Crippen molar-refractivity contribution in [1.82, 2.24) is 10.6 Å². The molecule has 0 spiro atoms. The number of hydrogen-bond donors (Lipinski definition) is 2. The quantitative estimate of drug-likeness (QED) is 0.352. The second-order valence-electron chi connectivity index (χ2n) is 7.33. The predicted molar refractivity (Wildman–Crippen MR) is 101 cm³/mol. The summed E-state index contributed by atoms with van der Waals surface area (Å²) >= 11 is 0. The number of amides is 1. The topological polar surface area (TPSA) is 89.0 Å². The van der Waals surface area contributed by atoms with E-state index in [-0.39, 0.29) is 17.9 Å². The summed E-state index contributed by atoms with van der Waals surface area (Å²) in [6, 6.07) is -0.183. The van der Waals surface area contributed by atoms with Gasteiger partial charge < -0.3 is 20.1 Å². The molecule has 3 atom stereocenters. The Morgan fingerprint density at radius 3 is 2.50 bits per heavy atom. The van der Waals surface area contributed by atoms with Crippen LogP contribution in [0.25, 0.3) is 0 Å². The summed E-state index contributed by atoms with van der Waals surface area (Å²) in [5.74, 6) is -1.53. The van der Waals surface area contributed by atoms with Crippen LogP contribution in [0.2, 0.25) is 0 Å². The first-order chi connectivity index (χ1) is 12.1. The summed E-state index contributed by atoms with van der Waals surface area (Å²) in [6.07, 6.45) is 2.92. The predicted octanol–water partition coefficient (Wildman–Crippen LogP) is 2.15. The Kier molecular flexibility index (Phi) is 8.02. The molecule has 0 aliphatic carbocycles. The van der Waals surface area contributed by atoms with Crippen molar-refractivity contribution in [3.8, 4) is 0 Å². The molecule has 0 aromatic carbocycles. The van der Waals surface area contributed by atoms with Crippen LogP contribution in [-0.4, -0.2) is 43.1 Å². The minimum atomic E-state index is -1.01. The van der Waals surface area contributed by atoms with Crippen LogP contribution >= 0.6 is 0 Å². The number of nitrogens with zero attached hydrogens (tertiary/aromatic N) is 1. The van der Waals surface area contributed by atoms with Crippen molar-refractivity contribution < 1.29 is 19.1 Å². The van der Waals surface area contributed by atoms with Gasteiger partial charge in [-0.3, -0.25) is 4.79 Å². The van der Waals surface area contributed by atoms with Crippen molar-refractivity contribution in [3.05, 3.63) is 24.6 Å². The lowest BCUT2D eigenvalue weighted by Gasteiger charge is -2.25. The second kappa shape index (κ2) is 9.52. The number of cyclic esters (lactones) is 1. The maximum Gasteiger partial charge on any atom is 0.338 e. The van der Waals surface area contributed by atoms with Crippen molar-refractivity contribution in [1.29, 1.82) is 0 Å². The average molecular weight is 365 g/mol. The third-order valence-corrected chi connectivity index (χ3v) is 3.84. The lowest BCUT2D eigenvalue weighted by atomic mass is 9.91. The summed E-state index contributed by atoms with van der Waals surface area (Å²) in [4.78, 5) is 28.8. The van der Waals surface area contributed by atoms with Crippen molar-refractivity contribution in [2.24, 2.45) is 16.8 Å². The van der Waals surface area contributed by atoms with Gasteiger partial charge in [0.25, 0.3) is 0 Å². The molecule has 1 rings (SSSR count). The highest BCUT2D eigenvalue weighted by atomic mass is 16.8. The number of hydrogen-bond acceptors (Lipinski definition) is 6. The van der Waals surface area contributed by atoms with Gasteiger partial charge in [-0.15, -0.1) is 0 Å². The maximum absolute atomic E-state index is 12.8. The summed E-state index contributed by atoms with van der Waals surface area (Å²) in [5.41, 5.74) is 0. The second-order valence-corrected chi connectivity index (χ2v) is 7.33. The molecule has 7 heteroatoms. The number of carbonyl (C=O) groups excluding carboxylic acids is 2. The first-order valence-corrected chi connectivity index (χ1v) is 8.84. The van der Waals surface area contributed by atoms with Crippen LogP contribution < -0.4 is 10.6 Å². The first-order valence-electron chi connectivity index (χ1n) is 8.84. The Balaban J connectivity index is 2.74. The van der Waals surface area contributed by atoms with Crippen LogP contribution in [0.15, 0.2) is 29.5 Å². The van der Waals surface area contributed by atoms with Crippen LogP contribution in [0.4, 0.5) is 0 Å². The Morgan fingerprint density at radius 2 is 2.04 bits per heavy atom. The fraction of sp³-hybridized carbons (Fsp3) is 0.632. The van der Waals surface area contributed by atoms with E-state index in [0.717, 1.165) is 0 Å². The zero-order chi connectivity index (χ0) is 19.9. The van der Waals surface area contributed by atoms with E-state index in [1.807, 2.05) is 20.8 Å². The van der Waals surface area contributed by atoms with Crippen molar-refractivity contribution in [2.45, 2.75) is 59.0 Å². The summed E-state index contributed by atoms with van der Waals surface area (Å²) in [7, 11) is 0. The minimum Gasteiger partial charge on any atom is -0.432 e. The molecule has 26 heavy (non-hydrogen) atoms. The van der Waals surface area contributed by atoms with Gasteiger partial charge in [0.05, 0.1) is 5.92 Å². The summed E-state index contributed by atoms with van der Waals surface area (Å²) in [6.45, 7) is 16.7.